The molecule has 2 nitrogen and oxygen atoms in total. The van der Waals surface area contributed by atoms with E-state index in [4.69, 9.17) is 5.11 Å². The van der Waals surface area contributed by atoms with Crippen molar-refractivity contribution in [2.45, 2.75) is 96.8 Å². The Bertz CT molecular complexity index is 239. The lowest BCUT2D eigenvalue weighted by Gasteiger charge is -1.99. The Morgan fingerprint density at radius 2 is 1.19 bits per heavy atom. The summed E-state index contributed by atoms with van der Waals surface area (Å²) in [6.45, 7) is 2.26. The summed E-state index contributed by atoms with van der Waals surface area (Å²) in [6.07, 6.45) is 21.2. The van der Waals surface area contributed by atoms with Gasteiger partial charge in [-0.2, -0.15) is 0 Å². The van der Waals surface area contributed by atoms with E-state index < -0.39 is 5.97 Å². The van der Waals surface area contributed by atoms with Gasteiger partial charge in [0.05, 0.1) is 0 Å². The number of carbonyl (C=O) groups is 1. The Morgan fingerprint density at radius 3 is 1.67 bits per heavy atom. The Morgan fingerprint density at radius 1 is 0.762 bits per heavy atom. The predicted octanol–water partition coefficient (Wildman–Crippen LogP) is 6.69. The van der Waals surface area contributed by atoms with Crippen LogP contribution >= 0.6 is 17.0 Å². The standard InChI is InChI=1S/C18H34O2.BrH/c1-2-3-4-5-6-7-8-9-10-11-12-13-14-15-16-17-18(19)20;/h9-10H,2-8,11-17H2,1H3,(H,19,20);1H/b10-9-;. The zero-order chi connectivity index (χ0) is 14.9. The maximum absolute atomic E-state index is 10.3. The van der Waals surface area contributed by atoms with Gasteiger partial charge in [0, 0.05) is 6.42 Å². The van der Waals surface area contributed by atoms with Crippen molar-refractivity contribution in [3.05, 3.63) is 12.2 Å². The van der Waals surface area contributed by atoms with Gasteiger partial charge in [0.25, 0.3) is 0 Å². The first-order chi connectivity index (χ1) is 9.77. The molecule has 0 aromatic carbocycles. The summed E-state index contributed by atoms with van der Waals surface area (Å²) in [4.78, 5) is 10.3. The molecule has 3 heteroatoms. The van der Waals surface area contributed by atoms with E-state index in [0.717, 1.165) is 12.8 Å². The molecule has 0 aliphatic carbocycles. The summed E-state index contributed by atoms with van der Waals surface area (Å²) < 4.78 is 0. The first kappa shape index (κ1) is 23.0. The van der Waals surface area contributed by atoms with Gasteiger partial charge in [0.1, 0.15) is 0 Å². The van der Waals surface area contributed by atoms with Gasteiger partial charge in [-0.15, -0.1) is 17.0 Å². The van der Waals surface area contributed by atoms with Crippen LogP contribution in [0.3, 0.4) is 0 Å². The normalized spacial score (nSPS) is 10.7. The van der Waals surface area contributed by atoms with Crippen LogP contribution in [-0.4, -0.2) is 11.1 Å². The molecule has 0 unspecified atom stereocenters. The highest BCUT2D eigenvalue weighted by atomic mass is 79.9. The fraction of sp³-hybridized carbons (Fsp3) is 0.833. The van der Waals surface area contributed by atoms with E-state index in [0.29, 0.717) is 6.42 Å². The van der Waals surface area contributed by atoms with E-state index in [1.807, 2.05) is 0 Å². The van der Waals surface area contributed by atoms with Gasteiger partial charge in [-0.25, -0.2) is 0 Å². The zero-order valence-electron chi connectivity index (χ0n) is 13.8. The number of halogens is 1. The van der Waals surface area contributed by atoms with Crippen LogP contribution in [0, 0.1) is 0 Å². The maximum Gasteiger partial charge on any atom is 0.303 e. The molecule has 126 valence electrons. The van der Waals surface area contributed by atoms with Gasteiger partial charge < -0.3 is 5.11 Å². The number of rotatable bonds is 15. The van der Waals surface area contributed by atoms with Gasteiger partial charge >= 0.3 is 5.97 Å². The number of hydrogen-bond acceptors (Lipinski definition) is 1. The molecule has 21 heavy (non-hydrogen) atoms. The Hall–Kier alpha value is -0.310. The number of carboxylic acids is 1. The van der Waals surface area contributed by atoms with Gasteiger partial charge in [0.15, 0.2) is 0 Å². The largest absolute Gasteiger partial charge is 0.481 e. The second-order valence-corrected chi connectivity index (χ2v) is 5.73. The van der Waals surface area contributed by atoms with Crippen molar-refractivity contribution in [2.24, 2.45) is 0 Å². The lowest BCUT2D eigenvalue weighted by Crippen LogP contribution is -1.93. The Balaban J connectivity index is 0. The minimum absolute atomic E-state index is 0. The van der Waals surface area contributed by atoms with Crippen LogP contribution in [0.2, 0.25) is 0 Å². The molecule has 0 fully saturated rings. The van der Waals surface area contributed by atoms with E-state index in [1.165, 1.54) is 70.6 Å². The van der Waals surface area contributed by atoms with Crippen LogP contribution in [0.25, 0.3) is 0 Å². The summed E-state index contributed by atoms with van der Waals surface area (Å²) in [7, 11) is 0. The molecule has 0 aromatic heterocycles. The monoisotopic (exact) mass is 362 g/mol. The highest BCUT2D eigenvalue weighted by Gasteiger charge is 1.95. The van der Waals surface area contributed by atoms with E-state index >= 15 is 0 Å². The third kappa shape index (κ3) is 22.1. The topological polar surface area (TPSA) is 37.3 Å². The molecule has 0 aliphatic rings. The number of hydrogen-bond donors (Lipinski definition) is 1. The minimum atomic E-state index is -0.664. The first-order valence-electron chi connectivity index (χ1n) is 8.64. The van der Waals surface area contributed by atoms with Crippen molar-refractivity contribution < 1.29 is 9.90 Å². The average molecular weight is 363 g/mol. The van der Waals surface area contributed by atoms with Gasteiger partial charge in [0.2, 0.25) is 0 Å². The summed E-state index contributed by atoms with van der Waals surface area (Å²) >= 11 is 0. The second kappa shape index (κ2) is 19.7. The van der Waals surface area contributed by atoms with Crippen molar-refractivity contribution in [1.29, 1.82) is 0 Å². The van der Waals surface area contributed by atoms with E-state index in [1.54, 1.807) is 0 Å². The van der Waals surface area contributed by atoms with Crippen LogP contribution in [0.4, 0.5) is 0 Å². The highest BCUT2D eigenvalue weighted by Crippen LogP contribution is 2.09. The maximum atomic E-state index is 10.3. The lowest BCUT2D eigenvalue weighted by atomic mass is 10.1. The highest BCUT2D eigenvalue weighted by molar-refractivity contribution is 8.93. The fourth-order valence-corrected chi connectivity index (χ4v) is 2.35. The molecule has 0 atom stereocenters. The van der Waals surface area contributed by atoms with Crippen molar-refractivity contribution in [3.8, 4) is 0 Å². The number of allylic oxidation sites excluding steroid dienone is 2. The summed E-state index contributed by atoms with van der Waals surface area (Å²) in [5, 5.41) is 8.51. The van der Waals surface area contributed by atoms with Crippen molar-refractivity contribution in [3.63, 3.8) is 0 Å². The quantitative estimate of drug-likeness (QED) is 0.260. The fourth-order valence-electron chi connectivity index (χ4n) is 2.35. The van der Waals surface area contributed by atoms with E-state index in [9.17, 15) is 4.79 Å². The lowest BCUT2D eigenvalue weighted by molar-refractivity contribution is -0.137. The van der Waals surface area contributed by atoms with Crippen LogP contribution in [-0.2, 0) is 4.79 Å². The van der Waals surface area contributed by atoms with Crippen LogP contribution in [0.1, 0.15) is 96.8 Å². The van der Waals surface area contributed by atoms with Crippen molar-refractivity contribution in [2.75, 3.05) is 0 Å². The molecule has 0 bridgehead atoms. The molecule has 0 saturated heterocycles. The molecular weight excluding hydrogens is 328 g/mol. The van der Waals surface area contributed by atoms with Gasteiger partial charge in [-0.1, -0.05) is 70.4 Å². The number of aliphatic carboxylic acids is 1. The molecule has 0 radical (unpaired) electrons. The molecule has 1 N–H and O–H groups in total. The summed E-state index contributed by atoms with van der Waals surface area (Å²) in [5.74, 6) is -0.664. The van der Waals surface area contributed by atoms with Gasteiger partial charge in [-0.05, 0) is 32.1 Å². The Labute approximate surface area is 142 Å². The molecule has 0 spiro atoms. The van der Waals surface area contributed by atoms with Crippen LogP contribution < -0.4 is 0 Å². The molecular formula is C18H35BrO2. The SMILES string of the molecule is Br.CCCCCCCC/C=C\CCCCCCCC(=O)O. The van der Waals surface area contributed by atoms with E-state index in [2.05, 4.69) is 19.1 Å². The smallest absolute Gasteiger partial charge is 0.303 e. The molecule has 0 heterocycles. The van der Waals surface area contributed by atoms with Crippen LogP contribution in [0.15, 0.2) is 12.2 Å². The number of unbranched alkanes of at least 4 members (excludes halogenated alkanes) is 11. The zero-order valence-corrected chi connectivity index (χ0v) is 15.5. The first-order valence-corrected chi connectivity index (χ1v) is 8.64. The van der Waals surface area contributed by atoms with Gasteiger partial charge in [-0.3, -0.25) is 4.79 Å². The number of carboxylic acid groups (broad SMARTS) is 1. The summed E-state index contributed by atoms with van der Waals surface area (Å²) in [5.41, 5.74) is 0. The third-order valence-corrected chi connectivity index (χ3v) is 3.65. The van der Waals surface area contributed by atoms with Crippen LogP contribution in [0.5, 0.6) is 0 Å². The molecule has 0 aliphatic heterocycles. The Kier molecular flexibility index (Phi) is 21.5. The average Bonchev–Trinajstić information content (AvgIpc) is 2.43. The molecule has 0 saturated carbocycles. The van der Waals surface area contributed by atoms with E-state index in [-0.39, 0.29) is 17.0 Å². The second-order valence-electron chi connectivity index (χ2n) is 5.73. The summed E-state index contributed by atoms with van der Waals surface area (Å²) in [6, 6.07) is 0. The van der Waals surface area contributed by atoms with Crippen molar-refractivity contribution in [1.82, 2.24) is 0 Å². The molecule has 0 rings (SSSR count). The third-order valence-electron chi connectivity index (χ3n) is 3.65. The molecule has 0 amide bonds. The predicted molar refractivity (Wildman–Crippen MR) is 97.4 cm³/mol. The van der Waals surface area contributed by atoms with Crippen molar-refractivity contribution >= 4 is 23.0 Å². The molecule has 0 aromatic rings. The minimum Gasteiger partial charge on any atom is -0.481 e.